The Bertz CT molecular complexity index is 356. The van der Waals surface area contributed by atoms with Gasteiger partial charge in [0.25, 0.3) is 0 Å². The second-order valence-corrected chi connectivity index (χ2v) is 3.38. The maximum atomic E-state index is 10.5. The lowest BCUT2D eigenvalue weighted by molar-refractivity contribution is -0.113. The van der Waals surface area contributed by atoms with Crippen molar-refractivity contribution in [2.45, 2.75) is 19.8 Å². The molecule has 3 heteroatoms. The maximum absolute atomic E-state index is 10.5. The Morgan fingerprint density at radius 1 is 1.50 bits per heavy atom. The summed E-state index contributed by atoms with van der Waals surface area (Å²) in [5, 5.41) is 0. The largest absolute Gasteiger partial charge is 0.366 e. The van der Waals surface area contributed by atoms with Crippen molar-refractivity contribution >= 4 is 12.0 Å². The second-order valence-electron chi connectivity index (χ2n) is 3.38. The zero-order valence-corrected chi connectivity index (χ0v) is 8.40. The first-order chi connectivity index (χ1) is 6.59. The zero-order chi connectivity index (χ0) is 10.6. The van der Waals surface area contributed by atoms with E-state index < -0.39 is 5.91 Å². The molecule has 0 saturated heterocycles. The summed E-state index contributed by atoms with van der Waals surface area (Å²) in [4.78, 5) is 14.8. The number of aromatic nitrogens is 1. The van der Waals surface area contributed by atoms with Crippen LogP contribution in [-0.4, -0.2) is 10.9 Å². The summed E-state index contributed by atoms with van der Waals surface area (Å²) in [7, 11) is 0. The third-order valence-electron chi connectivity index (χ3n) is 1.80. The monoisotopic (exact) mass is 190 g/mol. The molecule has 0 aromatic carbocycles. The summed E-state index contributed by atoms with van der Waals surface area (Å²) in [5.41, 5.74) is 6.75. The lowest BCUT2D eigenvalue weighted by atomic mass is 10.1. The van der Waals surface area contributed by atoms with E-state index in [-0.39, 0.29) is 0 Å². The molecule has 74 valence electrons. The molecule has 0 saturated carbocycles. The fraction of sp³-hybridized carbons (Fsp3) is 0.273. The Morgan fingerprint density at radius 2 is 2.21 bits per heavy atom. The summed E-state index contributed by atoms with van der Waals surface area (Å²) in [6, 6.07) is 5.72. The molecule has 0 fully saturated rings. The first-order valence-electron chi connectivity index (χ1n) is 4.54. The minimum absolute atomic E-state index is 0.386. The summed E-state index contributed by atoms with van der Waals surface area (Å²) >= 11 is 0. The van der Waals surface area contributed by atoms with E-state index in [9.17, 15) is 4.79 Å². The van der Waals surface area contributed by atoms with Crippen molar-refractivity contribution in [2.75, 3.05) is 0 Å². The molecule has 1 aromatic heterocycles. The van der Waals surface area contributed by atoms with Crippen LogP contribution in [0, 0.1) is 0 Å². The molecular formula is C11H14N2O. The van der Waals surface area contributed by atoms with Crippen LogP contribution in [-0.2, 0) is 4.79 Å². The lowest BCUT2D eigenvalue weighted by Crippen LogP contribution is -2.05. The highest BCUT2D eigenvalue weighted by molar-refractivity contribution is 5.89. The van der Waals surface area contributed by atoms with Crippen molar-refractivity contribution in [1.82, 2.24) is 4.98 Å². The number of rotatable bonds is 3. The number of nitrogens with zero attached hydrogens (tertiary/aromatic N) is 1. The number of carbonyl (C=O) groups excluding carboxylic acids is 1. The number of nitrogens with two attached hydrogens (primary N) is 1. The normalized spacial score (nSPS) is 11.1. The van der Waals surface area contributed by atoms with Gasteiger partial charge in [0.2, 0.25) is 5.91 Å². The van der Waals surface area contributed by atoms with Crippen LogP contribution in [0.4, 0.5) is 0 Å². The Labute approximate surface area is 83.7 Å². The average molecular weight is 190 g/mol. The van der Waals surface area contributed by atoms with Gasteiger partial charge in [-0.05, 0) is 24.1 Å². The lowest BCUT2D eigenvalue weighted by Gasteiger charge is -2.03. The highest BCUT2D eigenvalue weighted by atomic mass is 16.1. The molecule has 0 unspecified atom stereocenters. The molecule has 0 atom stereocenters. The first kappa shape index (κ1) is 10.4. The molecule has 14 heavy (non-hydrogen) atoms. The highest BCUT2D eigenvalue weighted by Crippen LogP contribution is 2.11. The van der Waals surface area contributed by atoms with Crippen molar-refractivity contribution in [3.8, 4) is 0 Å². The van der Waals surface area contributed by atoms with E-state index in [1.807, 2.05) is 18.2 Å². The van der Waals surface area contributed by atoms with E-state index in [2.05, 4.69) is 18.8 Å². The van der Waals surface area contributed by atoms with Crippen LogP contribution in [0.1, 0.15) is 31.2 Å². The number of pyridine rings is 1. The molecule has 1 heterocycles. The Kier molecular flexibility index (Phi) is 3.40. The van der Waals surface area contributed by atoms with Crippen molar-refractivity contribution in [1.29, 1.82) is 0 Å². The van der Waals surface area contributed by atoms with Gasteiger partial charge in [0.05, 0.1) is 5.69 Å². The van der Waals surface area contributed by atoms with E-state index in [0.29, 0.717) is 5.92 Å². The SMILES string of the molecule is CC(C)c1cccc(/C=C/C(N)=O)n1. The summed E-state index contributed by atoms with van der Waals surface area (Å²) in [6.07, 6.45) is 2.93. The number of amides is 1. The van der Waals surface area contributed by atoms with Crippen LogP contribution in [0.2, 0.25) is 0 Å². The van der Waals surface area contributed by atoms with Gasteiger partial charge in [0.15, 0.2) is 0 Å². The second kappa shape index (κ2) is 4.56. The minimum atomic E-state index is -0.457. The number of primary amides is 1. The molecule has 0 spiro atoms. The molecular weight excluding hydrogens is 176 g/mol. The molecule has 3 nitrogen and oxygen atoms in total. The van der Waals surface area contributed by atoms with Gasteiger partial charge in [-0.15, -0.1) is 0 Å². The fourth-order valence-electron chi connectivity index (χ4n) is 1.05. The summed E-state index contributed by atoms with van der Waals surface area (Å²) in [5.74, 6) is -0.0707. The highest BCUT2D eigenvalue weighted by Gasteiger charge is 1.99. The molecule has 0 aliphatic heterocycles. The van der Waals surface area contributed by atoms with Crippen LogP contribution >= 0.6 is 0 Å². The van der Waals surface area contributed by atoms with Gasteiger partial charge in [-0.3, -0.25) is 9.78 Å². The first-order valence-corrected chi connectivity index (χ1v) is 4.54. The maximum Gasteiger partial charge on any atom is 0.241 e. The van der Waals surface area contributed by atoms with Gasteiger partial charge in [0.1, 0.15) is 0 Å². The van der Waals surface area contributed by atoms with E-state index >= 15 is 0 Å². The topological polar surface area (TPSA) is 56.0 Å². The van der Waals surface area contributed by atoms with E-state index in [0.717, 1.165) is 11.4 Å². The van der Waals surface area contributed by atoms with E-state index in [1.165, 1.54) is 6.08 Å². The molecule has 0 radical (unpaired) electrons. The molecule has 1 amide bonds. The van der Waals surface area contributed by atoms with Crippen LogP contribution in [0.3, 0.4) is 0 Å². The Morgan fingerprint density at radius 3 is 2.79 bits per heavy atom. The van der Waals surface area contributed by atoms with Crippen molar-refractivity contribution < 1.29 is 4.79 Å². The summed E-state index contributed by atoms with van der Waals surface area (Å²) < 4.78 is 0. The van der Waals surface area contributed by atoms with Crippen LogP contribution < -0.4 is 5.73 Å². The van der Waals surface area contributed by atoms with Crippen molar-refractivity contribution in [3.05, 3.63) is 35.7 Å². The number of hydrogen-bond acceptors (Lipinski definition) is 2. The third kappa shape index (κ3) is 3.01. The van der Waals surface area contributed by atoms with Gasteiger partial charge in [0, 0.05) is 11.8 Å². The van der Waals surface area contributed by atoms with Crippen LogP contribution in [0.25, 0.3) is 6.08 Å². The smallest absolute Gasteiger partial charge is 0.241 e. The van der Waals surface area contributed by atoms with E-state index in [1.54, 1.807) is 6.08 Å². The molecule has 2 N–H and O–H groups in total. The van der Waals surface area contributed by atoms with E-state index in [4.69, 9.17) is 5.73 Å². The number of carbonyl (C=O) groups is 1. The zero-order valence-electron chi connectivity index (χ0n) is 8.40. The minimum Gasteiger partial charge on any atom is -0.366 e. The van der Waals surface area contributed by atoms with Gasteiger partial charge < -0.3 is 5.73 Å². The van der Waals surface area contributed by atoms with Gasteiger partial charge in [-0.1, -0.05) is 19.9 Å². The van der Waals surface area contributed by atoms with Gasteiger partial charge in [-0.2, -0.15) is 0 Å². The predicted molar refractivity (Wildman–Crippen MR) is 56.6 cm³/mol. The molecule has 0 aliphatic carbocycles. The predicted octanol–water partition coefficient (Wildman–Crippen LogP) is 1.70. The van der Waals surface area contributed by atoms with Crippen LogP contribution in [0.15, 0.2) is 24.3 Å². The van der Waals surface area contributed by atoms with Crippen molar-refractivity contribution in [3.63, 3.8) is 0 Å². The molecule has 0 aliphatic rings. The standard InChI is InChI=1S/C11H14N2O/c1-8(2)10-5-3-4-9(13-10)6-7-11(12)14/h3-8H,1-2H3,(H2,12,14)/b7-6+. The Hall–Kier alpha value is -1.64. The Balaban J connectivity index is 2.89. The quantitative estimate of drug-likeness (QED) is 0.737. The summed E-state index contributed by atoms with van der Waals surface area (Å²) in [6.45, 7) is 4.15. The number of hydrogen-bond donors (Lipinski definition) is 1. The van der Waals surface area contributed by atoms with Gasteiger partial charge in [-0.25, -0.2) is 0 Å². The molecule has 0 bridgehead atoms. The van der Waals surface area contributed by atoms with Crippen LogP contribution in [0.5, 0.6) is 0 Å². The molecule has 1 rings (SSSR count). The molecule has 1 aromatic rings. The van der Waals surface area contributed by atoms with Crippen molar-refractivity contribution in [2.24, 2.45) is 5.73 Å². The average Bonchev–Trinajstić information content (AvgIpc) is 2.15. The third-order valence-corrected chi connectivity index (χ3v) is 1.80. The fourth-order valence-corrected chi connectivity index (χ4v) is 1.05. The van der Waals surface area contributed by atoms with Gasteiger partial charge >= 0.3 is 0 Å².